The van der Waals surface area contributed by atoms with Crippen molar-refractivity contribution in [1.29, 1.82) is 0 Å². The maximum Gasteiger partial charge on any atom is 0.257 e. The van der Waals surface area contributed by atoms with Crippen LogP contribution in [0.4, 0.5) is 0 Å². The van der Waals surface area contributed by atoms with Crippen LogP contribution in [0.5, 0.6) is 0 Å². The molecule has 3 rings (SSSR count). The predicted molar refractivity (Wildman–Crippen MR) is 100 cm³/mol. The van der Waals surface area contributed by atoms with Gasteiger partial charge in [-0.05, 0) is 43.0 Å². The number of hydrogen-bond donors (Lipinski definition) is 0. The summed E-state index contributed by atoms with van der Waals surface area (Å²) in [6, 6.07) is 9.42. The number of rotatable bonds is 5. The summed E-state index contributed by atoms with van der Waals surface area (Å²) < 4.78 is 4.98. The van der Waals surface area contributed by atoms with E-state index in [0.29, 0.717) is 38.2 Å². The maximum atomic E-state index is 12.5. The van der Waals surface area contributed by atoms with Gasteiger partial charge >= 0.3 is 0 Å². The fraction of sp³-hybridized carbons (Fsp3) is 0.400. The van der Waals surface area contributed by atoms with Crippen LogP contribution in [0.15, 0.2) is 47.3 Å². The standard InChI is InChI=1S/C20H23ClN2O3/c21-18-7-5-16(6-8-18)3-1-4-19(24)22-10-2-11-23(13-12-22)20(25)17-9-14-26-15-17/h5-9,14-15H,1-4,10-13H2. The number of hydrogen-bond acceptors (Lipinski definition) is 3. The highest BCUT2D eigenvalue weighted by atomic mass is 35.5. The van der Waals surface area contributed by atoms with Crippen molar-refractivity contribution >= 4 is 23.4 Å². The largest absolute Gasteiger partial charge is 0.472 e. The van der Waals surface area contributed by atoms with E-state index in [1.165, 1.54) is 18.1 Å². The summed E-state index contributed by atoms with van der Waals surface area (Å²) in [7, 11) is 0. The summed E-state index contributed by atoms with van der Waals surface area (Å²) in [5.74, 6) is 0.132. The topological polar surface area (TPSA) is 53.8 Å². The second-order valence-corrected chi connectivity index (χ2v) is 6.96. The Hall–Kier alpha value is -2.27. The quantitative estimate of drug-likeness (QED) is 0.803. The van der Waals surface area contributed by atoms with Crippen LogP contribution in [-0.4, -0.2) is 47.8 Å². The minimum atomic E-state index is -0.0317. The molecule has 0 unspecified atom stereocenters. The van der Waals surface area contributed by atoms with Crippen LogP contribution >= 0.6 is 11.6 Å². The first kappa shape index (κ1) is 18.5. The molecule has 0 spiro atoms. The van der Waals surface area contributed by atoms with Crippen LogP contribution in [-0.2, 0) is 11.2 Å². The third kappa shape index (κ3) is 4.88. The van der Waals surface area contributed by atoms with Gasteiger partial charge in [-0.2, -0.15) is 0 Å². The van der Waals surface area contributed by atoms with E-state index in [2.05, 4.69) is 0 Å². The van der Waals surface area contributed by atoms with Crippen LogP contribution in [0.25, 0.3) is 0 Å². The van der Waals surface area contributed by atoms with Crippen molar-refractivity contribution in [2.45, 2.75) is 25.7 Å². The monoisotopic (exact) mass is 374 g/mol. The van der Waals surface area contributed by atoms with Gasteiger partial charge in [0.1, 0.15) is 6.26 Å². The Balaban J connectivity index is 1.45. The molecule has 2 amide bonds. The first-order valence-corrected chi connectivity index (χ1v) is 9.35. The molecule has 138 valence electrons. The van der Waals surface area contributed by atoms with Crippen molar-refractivity contribution in [2.75, 3.05) is 26.2 Å². The molecule has 0 atom stereocenters. The molecule has 26 heavy (non-hydrogen) atoms. The molecule has 0 bridgehead atoms. The van der Waals surface area contributed by atoms with E-state index in [4.69, 9.17) is 16.0 Å². The van der Waals surface area contributed by atoms with Crippen LogP contribution in [0, 0.1) is 0 Å². The summed E-state index contributed by atoms with van der Waals surface area (Å²) in [5.41, 5.74) is 1.75. The zero-order valence-electron chi connectivity index (χ0n) is 14.7. The Morgan fingerprint density at radius 2 is 1.73 bits per heavy atom. The first-order chi connectivity index (χ1) is 12.6. The zero-order chi connectivity index (χ0) is 18.4. The van der Waals surface area contributed by atoms with E-state index in [1.807, 2.05) is 29.2 Å². The fourth-order valence-electron chi connectivity index (χ4n) is 3.19. The molecular weight excluding hydrogens is 352 g/mol. The smallest absolute Gasteiger partial charge is 0.257 e. The Bertz CT molecular complexity index is 728. The summed E-state index contributed by atoms with van der Waals surface area (Å²) in [5, 5.41) is 0.726. The lowest BCUT2D eigenvalue weighted by Gasteiger charge is -2.22. The van der Waals surface area contributed by atoms with E-state index in [0.717, 1.165) is 24.3 Å². The average Bonchev–Trinajstić information content (AvgIpc) is 3.07. The first-order valence-electron chi connectivity index (χ1n) is 8.97. The van der Waals surface area contributed by atoms with Gasteiger partial charge in [0.15, 0.2) is 0 Å². The molecule has 0 N–H and O–H groups in total. The molecular formula is C20H23ClN2O3. The van der Waals surface area contributed by atoms with Gasteiger partial charge < -0.3 is 14.2 Å². The van der Waals surface area contributed by atoms with Crippen molar-refractivity contribution in [3.8, 4) is 0 Å². The van der Waals surface area contributed by atoms with Crippen molar-refractivity contribution in [3.63, 3.8) is 0 Å². The lowest BCUT2D eigenvalue weighted by molar-refractivity contribution is -0.131. The van der Waals surface area contributed by atoms with Gasteiger partial charge in [0.05, 0.1) is 11.8 Å². The van der Waals surface area contributed by atoms with Crippen LogP contribution < -0.4 is 0 Å². The molecule has 0 radical (unpaired) electrons. The molecule has 2 aromatic rings. The van der Waals surface area contributed by atoms with E-state index < -0.39 is 0 Å². The summed E-state index contributed by atoms with van der Waals surface area (Å²) in [4.78, 5) is 28.6. The molecule has 1 aromatic heterocycles. The normalized spacial score (nSPS) is 15.0. The number of carbonyl (C=O) groups excluding carboxylic acids is 2. The lowest BCUT2D eigenvalue weighted by atomic mass is 10.1. The molecule has 5 nitrogen and oxygen atoms in total. The van der Waals surface area contributed by atoms with Crippen LogP contribution in [0.2, 0.25) is 5.02 Å². The van der Waals surface area contributed by atoms with Gasteiger partial charge in [-0.3, -0.25) is 9.59 Å². The van der Waals surface area contributed by atoms with Gasteiger partial charge in [-0.1, -0.05) is 23.7 Å². The number of halogens is 1. The van der Waals surface area contributed by atoms with E-state index in [9.17, 15) is 9.59 Å². The van der Waals surface area contributed by atoms with Gasteiger partial charge in [0, 0.05) is 37.6 Å². The van der Waals surface area contributed by atoms with Gasteiger partial charge in [-0.25, -0.2) is 0 Å². The second-order valence-electron chi connectivity index (χ2n) is 6.52. The van der Waals surface area contributed by atoms with Crippen molar-refractivity contribution in [2.24, 2.45) is 0 Å². The number of benzene rings is 1. The van der Waals surface area contributed by atoms with Crippen molar-refractivity contribution in [1.82, 2.24) is 9.80 Å². The minimum Gasteiger partial charge on any atom is -0.472 e. The van der Waals surface area contributed by atoms with Gasteiger partial charge in [0.2, 0.25) is 5.91 Å². The Morgan fingerprint density at radius 3 is 2.46 bits per heavy atom. The Kier molecular flexibility index (Phi) is 6.34. The highest BCUT2D eigenvalue weighted by Crippen LogP contribution is 2.14. The molecule has 1 aliphatic rings. The number of furan rings is 1. The van der Waals surface area contributed by atoms with Crippen LogP contribution in [0.1, 0.15) is 35.2 Å². The second kappa shape index (κ2) is 8.90. The Labute approximate surface area is 158 Å². The van der Waals surface area contributed by atoms with Crippen LogP contribution in [0.3, 0.4) is 0 Å². The SMILES string of the molecule is O=C(CCCc1ccc(Cl)cc1)N1CCCN(C(=O)c2ccoc2)CC1. The molecule has 0 saturated carbocycles. The number of amides is 2. The fourth-order valence-corrected chi connectivity index (χ4v) is 3.32. The highest BCUT2D eigenvalue weighted by Gasteiger charge is 2.23. The maximum absolute atomic E-state index is 12.5. The molecule has 1 aromatic carbocycles. The molecule has 1 fully saturated rings. The minimum absolute atomic E-state index is 0.0317. The highest BCUT2D eigenvalue weighted by molar-refractivity contribution is 6.30. The number of aryl methyl sites for hydroxylation is 1. The average molecular weight is 375 g/mol. The molecule has 0 aliphatic carbocycles. The summed E-state index contributed by atoms with van der Waals surface area (Å²) in [6.45, 7) is 2.52. The third-order valence-corrected chi connectivity index (χ3v) is 4.93. The van der Waals surface area contributed by atoms with Gasteiger partial charge in [0.25, 0.3) is 5.91 Å². The van der Waals surface area contributed by atoms with Crippen molar-refractivity contribution in [3.05, 3.63) is 59.0 Å². The number of nitrogens with zero attached hydrogens (tertiary/aromatic N) is 2. The molecule has 2 heterocycles. The van der Waals surface area contributed by atoms with Gasteiger partial charge in [-0.15, -0.1) is 0 Å². The Morgan fingerprint density at radius 1 is 1.00 bits per heavy atom. The molecule has 1 saturated heterocycles. The van der Waals surface area contributed by atoms with E-state index >= 15 is 0 Å². The summed E-state index contributed by atoms with van der Waals surface area (Å²) in [6.07, 6.45) is 5.97. The molecule has 6 heteroatoms. The van der Waals surface area contributed by atoms with E-state index in [1.54, 1.807) is 11.0 Å². The lowest BCUT2D eigenvalue weighted by Crippen LogP contribution is -2.37. The zero-order valence-corrected chi connectivity index (χ0v) is 15.5. The summed E-state index contributed by atoms with van der Waals surface area (Å²) >= 11 is 5.89. The predicted octanol–water partition coefficient (Wildman–Crippen LogP) is 3.63. The molecule has 1 aliphatic heterocycles. The third-order valence-electron chi connectivity index (χ3n) is 4.67. The van der Waals surface area contributed by atoms with Crippen molar-refractivity contribution < 1.29 is 14.0 Å². The number of carbonyl (C=O) groups is 2. The van der Waals surface area contributed by atoms with E-state index in [-0.39, 0.29) is 11.8 Å².